The van der Waals surface area contributed by atoms with E-state index in [1.54, 1.807) is 6.92 Å². The summed E-state index contributed by atoms with van der Waals surface area (Å²) < 4.78 is 79.3. The number of thiazole rings is 1. The van der Waals surface area contributed by atoms with E-state index >= 15 is 0 Å². The predicted octanol–water partition coefficient (Wildman–Crippen LogP) is 4.06. The Kier molecular flexibility index (Phi) is 3.68. The van der Waals surface area contributed by atoms with Crippen molar-refractivity contribution in [2.24, 2.45) is 0 Å². The summed E-state index contributed by atoms with van der Waals surface area (Å²) in [5.41, 5.74) is 5.36. The van der Waals surface area contributed by atoms with E-state index in [2.05, 4.69) is 9.72 Å². The number of benzene rings is 1. The van der Waals surface area contributed by atoms with Crippen LogP contribution in [0.4, 0.5) is 32.0 Å². The van der Waals surface area contributed by atoms with Crippen molar-refractivity contribution >= 4 is 27.2 Å². The van der Waals surface area contributed by atoms with E-state index < -0.39 is 24.2 Å². The van der Waals surface area contributed by atoms with Gasteiger partial charge in [-0.1, -0.05) is 0 Å². The molecule has 0 bridgehead atoms. The summed E-state index contributed by atoms with van der Waals surface area (Å²) in [6, 6.07) is 2.21. The van der Waals surface area contributed by atoms with Crippen molar-refractivity contribution in [3.63, 3.8) is 0 Å². The van der Waals surface area contributed by atoms with Crippen LogP contribution in [0, 0.1) is 6.92 Å². The second-order valence-corrected chi connectivity index (χ2v) is 5.41. The Morgan fingerprint density at radius 2 is 1.71 bits per heavy atom. The number of ether oxygens (including phenoxy) is 1. The van der Waals surface area contributed by atoms with Crippen LogP contribution in [0.15, 0.2) is 12.1 Å². The molecule has 10 heteroatoms. The van der Waals surface area contributed by atoms with Gasteiger partial charge < -0.3 is 10.5 Å². The first kappa shape index (κ1) is 15.7. The normalized spacial score (nSPS) is 13.1. The van der Waals surface area contributed by atoms with Gasteiger partial charge in [-0.3, -0.25) is 0 Å². The van der Waals surface area contributed by atoms with E-state index in [0.717, 1.165) is 6.07 Å². The number of nitrogens with zero attached hydrogens (tertiary/aromatic N) is 1. The first-order valence-electron chi connectivity index (χ1n) is 5.45. The molecular formula is C11H8F6N2OS. The summed E-state index contributed by atoms with van der Waals surface area (Å²) in [7, 11) is 0. The van der Waals surface area contributed by atoms with Crippen LogP contribution in [0.3, 0.4) is 0 Å². The number of aromatic nitrogens is 1. The zero-order valence-corrected chi connectivity index (χ0v) is 11.2. The molecule has 0 aliphatic heterocycles. The van der Waals surface area contributed by atoms with Gasteiger partial charge in [-0.05, 0) is 13.0 Å². The Labute approximate surface area is 118 Å². The summed E-state index contributed by atoms with van der Waals surface area (Å²) in [4.78, 5) is 3.97. The standard InChI is InChI=1S/C11H8F6N2OS/c1-4-19-6-3-7(5(18)2-8(6)21-4)20-9(10(12,13)14)11(15,16)17/h2-3,9H,18H2,1H3. The molecule has 0 spiro atoms. The van der Waals surface area contributed by atoms with Crippen molar-refractivity contribution in [3.8, 4) is 5.75 Å². The zero-order valence-electron chi connectivity index (χ0n) is 10.3. The highest BCUT2D eigenvalue weighted by molar-refractivity contribution is 7.18. The summed E-state index contributed by atoms with van der Waals surface area (Å²) in [6.07, 6.45) is -15.1. The number of nitrogen functional groups attached to an aromatic ring is 1. The van der Waals surface area contributed by atoms with Gasteiger partial charge in [0.15, 0.2) is 0 Å². The van der Waals surface area contributed by atoms with Crippen molar-refractivity contribution in [1.29, 1.82) is 0 Å². The lowest BCUT2D eigenvalue weighted by atomic mass is 10.2. The number of hydrogen-bond acceptors (Lipinski definition) is 4. The number of rotatable bonds is 2. The molecule has 1 aromatic heterocycles. The third-order valence-electron chi connectivity index (χ3n) is 2.47. The molecule has 0 amide bonds. The number of alkyl halides is 6. The number of aryl methyl sites for hydroxylation is 1. The topological polar surface area (TPSA) is 48.1 Å². The first-order valence-corrected chi connectivity index (χ1v) is 6.27. The van der Waals surface area contributed by atoms with Gasteiger partial charge in [-0.2, -0.15) is 26.3 Å². The molecule has 2 rings (SSSR count). The highest BCUT2D eigenvalue weighted by atomic mass is 32.1. The minimum atomic E-state index is -5.60. The van der Waals surface area contributed by atoms with E-state index in [0.29, 0.717) is 9.71 Å². The maximum absolute atomic E-state index is 12.5. The summed E-state index contributed by atoms with van der Waals surface area (Å²) in [5.74, 6) is -0.701. The van der Waals surface area contributed by atoms with Crippen LogP contribution in [-0.4, -0.2) is 23.4 Å². The molecule has 2 aromatic rings. The average molecular weight is 330 g/mol. The van der Waals surface area contributed by atoms with Crippen LogP contribution in [-0.2, 0) is 0 Å². The van der Waals surface area contributed by atoms with E-state index in [1.807, 2.05) is 0 Å². The van der Waals surface area contributed by atoms with Crippen LogP contribution in [0.2, 0.25) is 0 Å². The number of halogens is 6. The summed E-state index contributed by atoms with van der Waals surface area (Å²) >= 11 is 1.21. The van der Waals surface area contributed by atoms with Crippen LogP contribution >= 0.6 is 11.3 Å². The fraction of sp³-hybridized carbons (Fsp3) is 0.364. The molecule has 21 heavy (non-hydrogen) atoms. The molecule has 0 saturated carbocycles. The second-order valence-electron chi connectivity index (χ2n) is 4.17. The molecule has 1 heterocycles. The highest BCUT2D eigenvalue weighted by Crippen LogP contribution is 2.39. The Bertz CT molecular complexity index is 649. The lowest BCUT2D eigenvalue weighted by molar-refractivity contribution is -0.299. The molecule has 0 atom stereocenters. The minimum absolute atomic E-state index is 0.227. The maximum atomic E-state index is 12.5. The van der Waals surface area contributed by atoms with E-state index in [1.165, 1.54) is 17.4 Å². The van der Waals surface area contributed by atoms with Crippen LogP contribution in [0.25, 0.3) is 10.2 Å². The molecule has 3 nitrogen and oxygen atoms in total. The fourth-order valence-electron chi connectivity index (χ4n) is 1.63. The van der Waals surface area contributed by atoms with Crippen LogP contribution in [0.1, 0.15) is 5.01 Å². The molecule has 0 radical (unpaired) electrons. The molecule has 0 fully saturated rings. The minimum Gasteiger partial charge on any atom is -0.469 e. The first-order chi connectivity index (χ1) is 9.48. The molecule has 0 saturated heterocycles. The molecular weight excluding hydrogens is 322 g/mol. The predicted molar refractivity (Wildman–Crippen MR) is 65.3 cm³/mol. The van der Waals surface area contributed by atoms with Gasteiger partial charge in [0.05, 0.1) is 20.9 Å². The third-order valence-corrected chi connectivity index (χ3v) is 3.40. The van der Waals surface area contributed by atoms with Crippen molar-refractivity contribution < 1.29 is 31.1 Å². The third kappa shape index (κ3) is 3.31. The zero-order chi connectivity index (χ0) is 16.0. The Hall–Kier alpha value is -1.71. The van der Waals surface area contributed by atoms with Gasteiger partial charge in [-0.15, -0.1) is 11.3 Å². The number of nitrogens with two attached hydrogens (primary N) is 1. The SMILES string of the molecule is Cc1nc2cc(OC(C(F)(F)F)C(F)(F)F)c(N)cc2s1. The van der Waals surface area contributed by atoms with Gasteiger partial charge in [0.2, 0.25) is 0 Å². The molecule has 1 aromatic carbocycles. The van der Waals surface area contributed by atoms with E-state index in [-0.39, 0.29) is 11.2 Å². The van der Waals surface area contributed by atoms with Crippen LogP contribution < -0.4 is 10.5 Å². The summed E-state index contributed by atoms with van der Waals surface area (Å²) in [5, 5.41) is 0.602. The lowest BCUT2D eigenvalue weighted by Crippen LogP contribution is -2.46. The second kappa shape index (κ2) is 4.93. The van der Waals surface area contributed by atoms with Crippen molar-refractivity contribution in [2.75, 3.05) is 5.73 Å². The van der Waals surface area contributed by atoms with Gasteiger partial charge in [-0.25, -0.2) is 4.98 Å². The molecule has 2 N–H and O–H groups in total. The van der Waals surface area contributed by atoms with E-state index in [4.69, 9.17) is 5.73 Å². The Morgan fingerprint density at radius 1 is 1.14 bits per heavy atom. The van der Waals surface area contributed by atoms with Crippen LogP contribution in [0.5, 0.6) is 5.75 Å². The number of fused-ring (bicyclic) bond motifs is 1. The van der Waals surface area contributed by atoms with Gasteiger partial charge in [0.1, 0.15) is 5.75 Å². The fourth-order valence-corrected chi connectivity index (χ4v) is 2.49. The van der Waals surface area contributed by atoms with E-state index in [9.17, 15) is 26.3 Å². The van der Waals surface area contributed by atoms with Crippen molar-refractivity contribution in [3.05, 3.63) is 17.1 Å². The molecule has 116 valence electrons. The van der Waals surface area contributed by atoms with Crippen molar-refractivity contribution in [1.82, 2.24) is 4.98 Å². The number of hydrogen-bond donors (Lipinski definition) is 1. The molecule has 0 unspecified atom stereocenters. The van der Waals surface area contributed by atoms with Gasteiger partial charge in [0.25, 0.3) is 6.10 Å². The Balaban J connectivity index is 2.43. The lowest BCUT2D eigenvalue weighted by Gasteiger charge is -2.24. The van der Waals surface area contributed by atoms with Gasteiger partial charge >= 0.3 is 12.4 Å². The van der Waals surface area contributed by atoms with Crippen molar-refractivity contribution in [2.45, 2.75) is 25.4 Å². The largest absolute Gasteiger partial charge is 0.469 e. The highest BCUT2D eigenvalue weighted by Gasteiger charge is 2.59. The quantitative estimate of drug-likeness (QED) is 0.667. The summed E-state index contributed by atoms with van der Waals surface area (Å²) in [6.45, 7) is 1.65. The number of anilines is 1. The molecule has 0 aliphatic rings. The maximum Gasteiger partial charge on any atom is 0.434 e. The van der Waals surface area contributed by atoms with Gasteiger partial charge in [0, 0.05) is 6.07 Å². The molecule has 0 aliphatic carbocycles. The average Bonchev–Trinajstić information content (AvgIpc) is 2.61. The monoisotopic (exact) mass is 330 g/mol. The Morgan fingerprint density at radius 3 is 2.24 bits per heavy atom. The smallest absolute Gasteiger partial charge is 0.434 e.